The van der Waals surface area contributed by atoms with E-state index < -0.39 is 0 Å². The molecule has 0 N–H and O–H groups in total. The molecular formula is C15H21N3O2. The minimum atomic E-state index is 0.0345. The van der Waals surface area contributed by atoms with E-state index in [9.17, 15) is 4.79 Å². The Labute approximate surface area is 119 Å². The van der Waals surface area contributed by atoms with Gasteiger partial charge in [-0.25, -0.2) is 4.98 Å². The van der Waals surface area contributed by atoms with Gasteiger partial charge in [0.15, 0.2) is 0 Å². The van der Waals surface area contributed by atoms with Gasteiger partial charge in [0, 0.05) is 26.9 Å². The molecule has 2 rings (SSSR count). The summed E-state index contributed by atoms with van der Waals surface area (Å²) in [5.41, 5.74) is 2.72. The van der Waals surface area contributed by atoms with Gasteiger partial charge >= 0.3 is 0 Å². The predicted octanol–water partition coefficient (Wildman–Crippen LogP) is 1.68. The summed E-state index contributed by atoms with van der Waals surface area (Å²) in [5.74, 6) is 0.0719. The molecule has 2 aromatic rings. The second kappa shape index (κ2) is 6.05. The first kappa shape index (κ1) is 14.5. The highest BCUT2D eigenvalue weighted by Crippen LogP contribution is 2.13. The van der Waals surface area contributed by atoms with Crippen LogP contribution in [0, 0.1) is 6.92 Å². The van der Waals surface area contributed by atoms with Gasteiger partial charge in [0.25, 0.3) is 0 Å². The van der Waals surface area contributed by atoms with Crippen LogP contribution in [0.15, 0.2) is 24.4 Å². The summed E-state index contributed by atoms with van der Waals surface area (Å²) in [6, 6.07) is 5.83. The summed E-state index contributed by atoms with van der Waals surface area (Å²) >= 11 is 0. The van der Waals surface area contributed by atoms with Gasteiger partial charge in [0.1, 0.15) is 5.65 Å². The molecule has 2 aromatic heterocycles. The number of amides is 1. The summed E-state index contributed by atoms with van der Waals surface area (Å²) in [6.07, 6.45) is 2.33. The normalized spacial score (nSPS) is 12.6. The van der Waals surface area contributed by atoms with Crippen molar-refractivity contribution >= 4 is 11.6 Å². The van der Waals surface area contributed by atoms with Crippen LogP contribution >= 0.6 is 0 Å². The third-order valence-electron chi connectivity index (χ3n) is 3.51. The molecule has 0 spiro atoms. The summed E-state index contributed by atoms with van der Waals surface area (Å²) in [4.78, 5) is 18.5. The molecule has 0 aliphatic rings. The highest BCUT2D eigenvalue weighted by atomic mass is 16.5. The molecule has 2 heterocycles. The van der Waals surface area contributed by atoms with E-state index >= 15 is 0 Å². The van der Waals surface area contributed by atoms with E-state index in [1.807, 2.05) is 42.6 Å². The highest BCUT2D eigenvalue weighted by molar-refractivity contribution is 5.78. The van der Waals surface area contributed by atoms with Crippen molar-refractivity contribution in [3.8, 4) is 0 Å². The zero-order chi connectivity index (χ0) is 14.7. The lowest BCUT2D eigenvalue weighted by molar-refractivity contribution is -0.130. The Balaban J connectivity index is 2.15. The molecule has 0 bridgehead atoms. The SMILES string of the molecule is CO[C@@H](C)CN(C)C(=O)Cc1c(C)nc2ccccn12. The molecule has 0 aliphatic heterocycles. The van der Waals surface area contributed by atoms with Gasteiger partial charge in [-0.05, 0) is 26.0 Å². The fourth-order valence-electron chi connectivity index (χ4n) is 2.22. The number of nitrogens with zero attached hydrogens (tertiary/aromatic N) is 3. The summed E-state index contributed by atoms with van der Waals surface area (Å²) in [6.45, 7) is 4.47. The molecule has 1 atom stereocenters. The monoisotopic (exact) mass is 275 g/mol. The molecule has 0 aromatic carbocycles. The number of carbonyl (C=O) groups is 1. The third kappa shape index (κ3) is 2.99. The molecule has 0 radical (unpaired) electrons. The molecule has 0 fully saturated rings. The van der Waals surface area contributed by atoms with Crippen molar-refractivity contribution in [1.82, 2.24) is 14.3 Å². The molecule has 20 heavy (non-hydrogen) atoms. The van der Waals surface area contributed by atoms with E-state index in [2.05, 4.69) is 4.98 Å². The van der Waals surface area contributed by atoms with Crippen molar-refractivity contribution in [1.29, 1.82) is 0 Å². The largest absolute Gasteiger partial charge is 0.380 e. The molecule has 5 nitrogen and oxygen atoms in total. The lowest BCUT2D eigenvalue weighted by Gasteiger charge is -2.20. The quantitative estimate of drug-likeness (QED) is 0.834. The molecular weight excluding hydrogens is 254 g/mol. The van der Waals surface area contributed by atoms with Crippen LogP contribution in [0.4, 0.5) is 0 Å². The zero-order valence-corrected chi connectivity index (χ0v) is 12.5. The number of fused-ring (bicyclic) bond motifs is 1. The van der Waals surface area contributed by atoms with E-state index in [-0.39, 0.29) is 12.0 Å². The maximum atomic E-state index is 12.3. The van der Waals surface area contributed by atoms with Gasteiger partial charge in [0.05, 0.1) is 23.9 Å². The predicted molar refractivity (Wildman–Crippen MR) is 77.7 cm³/mol. The molecule has 1 amide bonds. The van der Waals surface area contributed by atoms with Crippen LogP contribution in [0.25, 0.3) is 5.65 Å². The van der Waals surface area contributed by atoms with Gasteiger partial charge in [-0.3, -0.25) is 4.79 Å². The Morgan fingerprint density at radius 1 is 1.50 bits per heavy atom. The van der Waals surface area contributed by atoms with Gasteiger partial charge in [-0.2, -0.15) is 0 Å². The topological polar surface area (TPSA) is 46.8 Å². The first-order chi connectivity index (χ1) is 9.52. The second-order valence-electron chi connectivity index (χ2n) is 5.07. The second-order valence-corrected chi connectivity index (χ2v) is 5.07. The maximum absolute atomic E-state index is 12.3. The van der Waals surface area contributed by atoms with E-state index in [0.29, 0.717) is 13.0 Å². The van der Waals surface area contributed by atoms with Crippen LogP contribution in [0.2, 0.25) is 0 Å². The van der Waals surface area contributed by atoms with Crippen molar-refractivity contribution in [2.24, 2.45) is 0 Å². The number of rotatable bonds is 5. The smallest absolute Gasteiger partial charge is 0.228 e. The number of likely N-dealkylation sites (N-methyl/N-ethyl adjacent to an activating group) is 1. The third-order valence-corrected chi connectivity index (χ3v) is 3.51. The van der Waals surface area contributed by atoms with Crippen LogP contribution in [0.1, 0.15) is 18.3 Å². The fourth-order valence-corrected chi connectivity index (χ4v) is 2.22. The number of methoxy groups -OCH3 is 1. The fraction of sp³-hybridized carbons (Fsp3) is 0.467. The van der Waals surface area contributed by atoms with Crippen LogP contribution in [0.5, 0.6) is 0 Å². The number of hydrogen-bond donors (Lipinski definition) is 0. The lowest BCUT2D eigenvalue weighted by atomic mass is 10.2. The number of imidazole rings is 1. The van der Waals surface area contributed by atoms with Crippen molar-refractivity contribution in [2.75, 3.05) is 20.7 Å². The molecule has 0 saturated heterocycles. The molecule has 108 valence electrons. The van der Waals surface area contributed by atoms with E-state index in [1.54, 1.807) is 19.1 Å². The lowest BCUT2D eigenvalue weighted by Crippen LogP contribution is -2.35. The van der Waals surface area contributed by atoms with E-state index in [0.717, 1.165) is 17.0 Å². The Bertz CT molecular complexity index is 606. The minimum Gasteiger partial charge on any atom is -0.380 e. The van der Waals surface area contributed by atoms with Gasteiger partial charge in [-0.1, -0.05) is 6.07 Å². The van der Waals surface area contributed by atoms with Crippen molar-refractivity contribution in [2.45, 2.75) is 26.4 Å². The van der Waals surface area contributed by atoms with E-state index in [4.69, 9.17) is 4.74 Å². The molecule has 0 unspecified atom stereocenters. The first-order valence-corrected chi connectivity index (χ1v) is 6.72. The van der Waals surface area contributed by atoms with Crippen molar-refractivity contribution in [3.63, 3.8) is 0 Å². The molecule has 0 aliphatic carbocycles. The van der Waals surface area contributed by atoms with Crippen LogP contribution < -0.4 is 0 Å². The van der Waals surface area contributed by atoms with Gasteiger partial charge in [-0.15, -0.1) is 0 Å². The highest BCUT2D eigenvalue weighted by Gasteiger charge is 2.17. The number of carbonyl (C=O) groups excluding carboxylic acids is 1. The number of aryl methyl sites for hydroxylation is 1. The summed E-state index contributed by atoms with van der Waals surface area (Å²) < 4.78 is 7.16. The maximum Gasteiger partial charge on any atom is 0.228 e. The Kier molecular flexibility index (Phi) is 4.39. The average molecular weight is 275 g/mol. The van der Waals surface area contributed by atoms with Crippen molar-refractivity contribution in [3.05, 3.63) is 35.8 Å². The summed E-state index contributed by atoms with van der Waals surface area (Å²) in [7, 11) is 3.45. The Hall–Kier alpha value is -1.88. The number of hydrogen-bond acceptors (Lipinski definition) is 3. The average Bonchev–Trinajstić information content (AvgIpc) is 2.75. The van der Waals surface area contributed by atoms with Gasteiger partial charge in [0.2, 0.25) is 5.91 Å². The minimum absolute atomic E-state index is 0.0345. The van der Waals surface area contributed by atoms with Crippen LogP contribution in [-0.4, -0.2) is 47.0 Å². The first-order valence-electron chi connectivity index (χ1n) is 6.72. The zero-order valence-electron chi connectivity index (χ0n) is 12.5. The molecule has 5 heteroatoms. The number of aromatic nitrogens is 2. The van der Waals surface area contributed by atoms with E-state index in [1.165, 1.54) is 0 Å². The summed E-state index contributed by atoms with van der Waals surface area (Å²) in [5, 5.41) is 0. The standard InChI is InChI=1S/C15H21N3O2/c1-11(20-4)10-17(3)15(19)9-13-12(2)16-14-7-5-6-8-18(13)14/h5-8,11H,9-10H2,1-4H3/t11-/m0/s1. The van der Waals surface area contributed by atoms with Crippen LogP contribution in [0.3, 0.4) is 0 Å². The Morgan fingerprint density at radius 3 is 2.95 bits per heavy atom. The van der Waals surface area contributed by atoms with Crippen LogP contribution in [-0.2, 0) is 16.0 Å². The molecule has 0 saturated carbocycles. The Morgan fingerprint density at radius 2 is 2.25 bits per heavy atom. The van der Waals surface area contributed by atoms with Gasteiger partial charge < -0.3 is 14.0 Å². The number of ether oxygens (including phenoxy) is 1. The number of pyridine rings is 1. The van der Waals surface area contributed by atoms with Crippen molar-refractivity contribution < 1.29 is 9.53 Å².